The molecule has 4 nitrogen and oxygen atoms in total. The van der Waals surface area contributed by atoms with E-state index in [1.807, 2.05) is 0 Å². The Morgan fingerprint density at radius 1 is 1.37 bits per heavy atom. The Morgan fingerprint density at radius 2 is 2.11 bits per heavy atom. The van der Waals surface area contributed by atoms with E-state index in [0.29, 0.717) is 18.6 Å². The first-order chi connectivity index (χ1) is 8.94. The normalized spacial score (nSPS) is 40.3. The molecule has 1 heterocycles. The summed E-state index contributed by atoms with van der Waals surface area (Å²) >= 11 is 0. The van der Waals surface area contributed by atoms with E-state index in [0.717, 1.165) is 25.9 Å². The molecule has 2 N–H and O–H groups in total. The number of morpholine rings is 1. The fourth-order valence-electron chi connectivity index (χ4n) is 3.50. The summed E-state index contributed by atoms with van der Waals surface area (Å²) in [6.45, 7) is 8.96. The third kappa shape index (κ3) is 3.48. The predicted molar refractivity (Wildman–Crippen MR) is 75.0 cm³/mol. The lowest BCUT2D eigenvalue weighted by molar-refractivity contribution is -0.0995. The third-order valence-electron chi connectivity index (χ3n) is 4.95. The first kappa shape index (κ1) is 15.2. The molecular weight excluding hydrogens is 242 g/mol. The number of hydrogen-bond donors (Lipinski definition) is 2. The zero-order chi connectivity index (χ0) is 14.0. The SMILES string of the molecule is CC1COC(CO)CN1CC1CCCC(C)(C)C1O. The molecule has 0 amide bonds. The maximum absolute atomic E-state index is 10.5. The highest BCUT2D eigenvalue weighted by molar-refractivity contribution is 4.91. The molecule has 0 spiro atoms. The molecule has 1 saturated carbocycles. The van der Waals surface area contributed by atoms with Gasteiger partial charge >= 0.3 is 0 Å². The average molecular weight is 271 g/mol. The van der Waals surface area contributed by atoms with Crippen molar-refractivity contribution in [2.45, 2.75) is 58.3 Å². The van der Waals surface area contributed by atoms with Crippen LogP contribution in [0.25, 0.3) is 0 Å². The van der Waals surface area contributed by atoms with E-state index in [9.17, 15) is 10.2 Å². The highest BCUT2D eigenvalue weighted by atomic mass is 16.5. The van der Waals surface area contributed by atoms with Crippen LogP contribution in [0.1, 0.15) is 40.0 Å². The minimum Gasteiger partial charge on any atom is -0.394 e. The zero-order valence-corrected chi connectivity index (χ0v) is 12.5. The Hall–Kier alpha value is -0.160. The lowest BCUT2D eigenvalue weighted by Gasteiger charge is -2.45. The van der Waals surface area contributed by atoms with Crippen LogP contribution in [0.3, 0.4) is 0 Å². The number of aliphatic hydroxyl groups is 2. The van der Waals surface area contributed by atoms with Gasteiger partial charge in [-0.2, -0.15) is 0 Å². The molecule has 1 aliphatic heterocycles. The number of rotatable bonds is 3. The molecular formula is C15H29NO3. The Bertz CT molecular complexity index is 295. The maximum atomic E-state index is 10.5. The van der Waals surface area contributed by atoms with Gasteiger partial charge in [0.05, 0.1) is 25.4 Å². The zero-order valence-electron chi connectivity index (χ0n) is 12.5. The monoisotopic (exact) mass is 271 g/mol. The van der Waals surface area contributed by atoms with E-state index in [-0.39, 0.29) is 24.2 Å². The summed E-state index contributed by atoms with van der Waals surface area (Å²) in [4.78, 5) is 2.37. The fourth-order valence-corrected chi connectivity index (χ4v) is 3.50. The Morgan fingerprint density at radius 3 is 2.79 bits per heavy atom. The van der Waals surface area contributed by atoms with Gasteiger partial charge in [-0.1, -0.05) is 20.3 Å². The molecule has 1 saturated heterocycles. The summed E-state index contributed by atoms with van der Waals surface area (Å²) in [5.41, 5.74) is 0.0365. The van der Waals surface area contributed by atoms with Crippen LogP contribution in [0.15, 0.2) is 0 Å². The van der Waals surface area contributed by atoms with Crippen LogP contribution in [-0.2, 0) is 4.74 Å². The fraction of sp³-hybridized carbons (Fsp3) is 1.00. The van der Waals surface area contributed by atoms with Crippen molar-refractivity contribution in [2.24, 2.45) is 11.3 Å². The van der Waals surface area contributed by atoms with Crippen molar-refractivity contribution >= 4 is 0 Å². The molecule has 2 rings (SSSR count). The Kier molecular flexibility index (Phi) is 4.88. The first-order valence-electron chi connectivity index (χ1n) is 7.58. The first-order valence-corrected chi connectivity index (χ1v) is 7.58. The van der Waals surface area contributed by atoms with Crippen molar-refractivity contribution in [1.82, 2.24) is 4.90 Å². The van der Waals surface area contributed by atoms with Gasteiger partial charge in [0.1, 0.15) is 0 Å². The molecule has 0 aromatic carbocycles. The smallest absolute Gasteiger partial charge is 0.0933 e. The highest BCUT2D eigenvalue weighted by Crippen LogP contribution is 2.39. The standard InChI is InChI=1S/C15H29NO3/c1-11-10-19-13(9-17)8-16(11)7-12-5-4-6-15(2,3)14(12)18/h11-14,17-18H,4-10H2,1-3H3. The molecule has 0 aromatic heterocycles. The van der Waals surface area contributed by atoms with Gasteiger partial charge in [0.2, 0.25) is 0 Å². The third-order valence-corrected chi connectivity index (χ3v) is 4.95. The summed E-state index contributed by atoms with van der Waals surface area (Å²) in [7, 11) is 0. The summed E-state index contributed by atoms with van der Waals surface area (Å²) in [6.07, 6.45) is 3.15. The Balaban J connectivity index is 1.95. The van der Waals surface area contributed by atoms with Crippen LogP contribution < -0.4 is 0 Å². The molecule has 0 radical (unpaired) electrons. The van der Waals surface area contributed by atoms with Crippen LogP contribution >= 0.6 is 0 Å². The molecule has 4 unspecified atom stereocenters. The second-order valence-electron chi connectivity index (χ2n) is 7.03. The Labute approximate surface area is 116 Å². The molecule has 0 bridgehead atoms. The van der Waals surface area contributed by atoms with Crippen LogP contribution in [0.5, 0.6) is 0 Å². The molecule has 112 valence electrons. The molecule has 19 heavy (non-hydrogen) atoms. The largest absolute Gasteiger partial charge is 0.394 e. The lowest BCUT2D eigenvalue weighted by Crippen LogP contribution is -2.53. The molecule has 4 heteroatoms. The van der Waals surface area contributed by atoms with E-state index in [2.05, 4.69) is 25.7 Å². The van der Waals surface area contributed by atoms with Gasteiger partial charge in [0.15, 0.2) is 0 Å². The second kappa shape index (κ2) is 6.08. The summed E-state index contributed by atoms with van der Waals surface area (Å²) < 4.78 is 5.57. The van der Waals surface area contributed by atoms with Gasteiger partial charge < -0.3 is 14.9 Å². The average Bonchev–Trinajstić information content (AvgIpc) is 2.37. The molecule has 1 aliphatic carbocycles. The number of aliphatic hydroxyl groups excluding tert-OH is 2. The summed E-state index contributed by atoms with van der Waals surface area (Å²) in [5.74, 6) is 0.351. The number of hydrogen-bond acceptors (Lipinski definition) is 4. The van der Waals surface area contributed by atoms with Crippen molar-refractivity contribution < 1.29 is 14.9 Å². The maximum Gasteiger partial charge on any atom is 0.0933 e. The molecule has 2 fully saturated rings. The van der Waals surface area contributed by atoms with Gasteiger partial charge in [-0.3, -0.25) is 4.90 Å². The predicted octanol–water partition coefficient (Wildman–Crippen LogP) is 1.26. The minimum absolute atomic E-state index is 0.0365. The van der Waals surface area contributed by atoms with Gasteiger partial charge in [0.25, 0.3) is 0 Å². The van der Waals surface area contributed by atoms with E-state index in [4.69, 9.17) is 4.74 Å². The van der Waals surface area contributed by atoms with Crippen molar-refractivity contribution in [3.8, 4) is 0 Å². The van der Waals surface area contributed by atoms with Crippen LogP contribution in [0.2, 0.25) is 0 Å². The van der Waals surface area contributed by atoms with E-state index < -0.39 is 0 Å². The van der Waals surface area contributed by atoms with Gasteiger partial charge in [-0.15, -0.1) is 0 Å². The molecule has 4 atom stereocenters. The topological polar surface area (TPSA) is 52.9 Å². The quantitative estimate of drug-likeness (QED) is 0.811. The molecule has 0 aromatic rings. The van der Waals surface area contributed by atoms with Crippen molar-refractivity contribution in [3.05, 3.63) is 0 Å². The van der Waals surface area contributed by atoms with Crippen LogP contribution in [0, 0.1) is 11.3 Å². The number of ether oxygens (including phenoxy) is 1. The summed E-state index contributed by atoms with van der Waals surface area (Å²) in [6, 6.07) is 0.375. The lowest BCUT2D eigenvalue weighted by atomic mass is 9.69. The van der Waals surface area contributed by atoms with Gasteiger partial charge in [-0.25, -0.2) is 0 Å². The van der Waals surface area contributed by atoms with Crippen molar-refractivity contribution in [2.75, 3.05) is 26.3 Å². The second-order valence-corrected chi connectivity index (χ2v) is 7.03. The van der Waals surface area contributed by atoms with Gasteiger partial charge in [-0.05, 0) is 31.1 Å². The van der Waals surface area contributed by atoms with E-state index in [1.165, 1.54) is 6.42 Å². The molecule has 2 aliphatic rings. The summed E-state index contributed by atoms with van der Waals surface area (Å²) in [5, 5.41) is 19.8. The van der Waals surface area contributed by atoms with Crippen LogP contribution in [0.4, 0.5) is 0 Å². The highest BCUT2D eigenvalue weighted by Gasteiger charge is 2.39. The van der Waals surface area contributed by atoms with Crippen molar-refractivity contribution in [1.29, 1.82) is 0 Å². The van der Waals surface area contributed by atoms with Gasteiger partial charge in [0, 0.05) is 19.1 Å². The minimum atomic E-state index is -0.219. The number of nitrogens with zero attached hydrogens (tertiary/aromatic N) is 1. The van der Waals surface area contributed by atoms with E-state index in [1.54, 1.807) is 0 Å². The van der Waals surface area contributed by atoms with Crippen LogP contribution in [-0.4, -0.2) is 59.7 Å². The van der Waals surface area contributed by atoms with E-state index >= 15 is 0 Å². The van der Waals surface area contributed by atoms with Crippen molar-refractivity contribution in [3.63, 3.8) is 0 Å².